The third-order valence-electron chi connectivity index (χ3n) is 5.10. The van der Waals surface area contributed by atoms with Gasteiger partial charge >= 0.3 is 12.3 Å². The summed E-state index contributed by atoms with van der Waals surface area (Å²) in [5.74, 6) is -0.150. The van der Waals surface area contributed by atoms with Crippen LogP contribution in [0.5, 0.6) is 0 Å². The molecule has 9 heteroatoms. The first-order chi connectivity index (χ1) is 12.9. The second-order valence-corrected chi connectivity index (χ2v) is 8.53. The van der Waals surface area contributed by atoms with Gasteiger partial charge in [0.25, 0.3) is 0 Å². The Kier molecular flexibility index (Phi) is 5.05. The average molecular weight is 399 g/mol. The van der Waals surface area contributed by atoms with E-state index in [0.29, 0.717) is 38.2 Å². The lowest BCUT2D eigenvalue weighted by atomic mass is 9.79. The molecular weight excluding hydrogens is 375 g/mol. The van der Waals surface area contributed by atoms with Gasteiger partial charge in [-0.2, -0.15) is 13.2 Å². The molecule has 0 bridgehead atoms. The maximum atomic E-state index is 12.7. The van der Waals surface area contributed by atoms with Gasteiger partial charge in [-0.15, -0.1) is 0 Å². The Morgan fingerprint density at radius 1 is 1.18 bits per heavy atom. The summed E-state index contributed by atoms with van der Waals surface area (Å²) in [4.78, 5) is 31.3. The zero-order chi connectivity index (χ0) is 20.7. The highest BCUT2D eigenvalue weighted by Crippen LogP contribution is 2.41. The number of amides is 2. The van der Waals surface area contributed by atoms with Crippen LogP contribution >= 0.6 is 0 Å². The van der Waals surface area contributed by atoms with Gasteiger partial charge in [0.15, 0.2) is 0 Å². The van der Waals surface area contributed by atoms with E-state index in [1.54, 1.807) is 25.7 Å². The minimum Gasteiger partial charge on any atom is -0.444 e. The number of hydrogen-bond acceptors (Lipinski definition) is 4. The van der Waals surface area contributed by atoms with Gasteiger partial charge in [-0.3, -0.25) is 4.79 Å². The first-order valence-electron chi connectivity index (χ1n) is 9.20. The van der Waals surface area contributed by atoms with E-state index in [1.165, 1.54) is 11.0 Å². The molecule has 2 fully saturated rings. The molecule has 0 radical (unpaired) electrons. The summed E-state index contributed by atoms with van der Waals surface area (Å²) in [6.07, 6.45) is -2.20. The van der Waals surface area contributed by atoms with Crippen molar-refractivity contribution in [2.45, 2.75) is 51.8 Å². The summed E-state index contributed by atoms with van der Waals surface area (Å²) in [5.41, 5.74) is -1.53. The predicted octanol–water partition coefficient (Wildman–Crippen LogP) is 3.85. The fourth-order valence-corrected chi connectivity index (χ4v) is 3.71. The third-order valence-corrected chi connectivity index (χ3v) is 5.10. The molecule has 1 unspecified atom stereocenters. The molecule has 6 nitrogen and oxygen atoms in total. The van der Waals surface area contributed by atoms with E-state index in [0.717, 1.165) is 12.3 Å². The van der Waals surface area contributed by atoms with E-state index in [4.69, 9.17) is 4.74 Å². The molecule has 154 valence electrons. The number of alkyl halides is 3. The fraction of sp³-hybridized carbons (Fsp3) is 0.632. The van der Waals surface area contributed by atoms with Gasteiger partial charge in [-0.1, -0.05) is 0 Å². The number of piperidine rings is 1. The number of aromatic nitrogens is 1. The molecule has 0 aromatic carbocycles. The Labute approximate surface area is 161 Å². The smallest absolute Gasteiger partial charge is 0.433 e. The van der Waals surface area contributed by atoms with Gasteiger partial charge in [0, 0.05) is 31.5 Å². The van der Waals surface area contributed by atoms with Crippen molar-refractivity contribution in [1.82, 2.24) is 9.88 Å². The molecule has 2 aliphatic rings. The summed E-state index contributed by atoms with van der Waals surface area (Å²) in [7, 11) is 0. The third kappa shape index (κ3) is 4.39. The number of carbonyl (C=O) groups is 2. The van der Waals surface area contributed by atoms with Crippen LogP contribution in [0.25, 0.3) is 0 Å². The van der Waals surface area contributed by atoms with E-state index < -0.39 is 17.5 Å². The zero-order valence-electron chi connectivity index (χ0n) is 16.2. The molecule has 1 aromatic heterocycles. The Morgan fingerprint density at radius 3 is 2.46 bits per heavy atom. The molecule has 2 amide bonds. The van der Waals surface area contributed by atoms with Crippen molar-refractivity contribution in [1.29, 1.82) is 0 Å². The molecule has 3 heterocycles. The first kappa shape index (κ1) is 20.4. The maximum absolute atomic E-state index is 12.7. The number of nitrogens with zero attached hydrogens (tertiary/aromatic N) is 3. The normalized spacial score (nSPS) is 23.4. The van der Waals surface area contributed by atoms with Gasteiger partial charge in [-0.05, 0) is 45.7 Å². The summed E-state index contributed by atoms with van der Waals surface area (Å²) in [6.45, 7) is 6.74. The van der Waals surface area contributed by atoms with E-state index >= 15 is 0 Å². The second kappa shape index (κ2) is 6.93. The Bertz CT molecular complexity index is 758. The maximum Gasteiger partial charge on any atom is 0.433 e. The van der Waals surface area contributed by atoms with Crippen LogP contribution in [-0.4, -0.2) is 47.1 Å². The van der Waals surface area contributed by atoms with Crippen LogP contribution < -0.4 is 4.90 Å². The van der Waals surface area contributed by atoms with E-state index in [-0.39, 0.29) is 23.8 Å². The van der Waals surface area contributed by atoms with E-state index in [2.05, 4.69) is 4.98 Å². The lowest BCUT2D eigenvalue weighted by Gasteiger charge is -2.40. The van der Waals surface area contributed by atoms with Crippen LogP contribution in [0, 0.1) is 5.41 Å². The molecule has 1 spiro atoms. The zero-order valence-corrected chi connectivity index (χ0v) is 16.2. The highest BCUT2D eigenvalue weighted by atomic mass is 19.4. The standard InChI is InChI=1S/C19H24F3N3O3/c1-17(2,3)28-16(27)24-9-8-18(11-24)7-6-15(26)25(12-18)13-4-5-14(23-10-13)19(20,21)22/h4-5,10H,6-9,11-12H2,1-3H3. The molecule has 2 saturated heterocycles. The van der Waals surface area contributed by atoms with Crippen LogP contribution in [0.15, 0.2) is 18.3 Å². The van der Waals surface area contributed by atoms with Crippen LogP contribution in [0.3, 0.4) is 0 Å². The minimum absolute atomic E-state index is 0.150. The Balaban J connectivity index is 1.73. The van der Waals surface area contributed by atoms with Gasteiger partial charge in [0.2, 0.25) is 5.91 Å². The molecule has 1 atom stereocenters. The van der Waals surface area contributed by atoms with Crippen molar-refractivity contribution in [3.05, 3.63) is 24.0 Å². The van der Waals surface area contributed by atoms with Crippen LogP contribution in [0.2, 0.25) is 0 Å². The topological polar surface area (TPSA) is 62.7 Å². The highest BCUT2D eigenvalue weighted by molar-refractivity contribution is 5.94. The van der Waals surface area contributed by atoms with E-state index in [9.17, 15) is 22.8 Å². The molecule has 0 aliphatic carbocycles. The largest absolute Gasteiger partial charge is 0.444 e. The minimum atomic E-state index is -4.52. The Morgan fingerprint density at radius 2 is 1.89 bits per heavy atom. The number of anilines is 1. The first-order valence-corrected chi connectivity index (χ1v) is 9.20. The molecule has 0 N–H and O–H groups in total. The number of rotatable bonds is 1. The monoisotopic (exact) mass is 399 g/mol. The second-order valence-electron chi connectivity index (χ2n) is 8.53. The predicted molar refractivity (Wildman–Crippen MR) is 95.7 cm³/mol. The van der Waals surface area contributed by atoms with Crippen molar-refractivity contribution in [2.24, 2.45) is 5.41 Å². The Hall–Kier alpha value is -2.32. The van der Waals surface area contributed by atoms with Gasteiger partial charge in [0.05, 0.1) is 11.9 Å². The number of ether oxygens (including phenoxy) is 1. The number of carbonyl (C=O) groups excluding carboxylic acids is 2. The lowest BCUT2D eigenvalue weighted by molar-refractivity contribution is -0.141. The number of pyridine rings is 1. The fourth-order valence-electron chi connectivity index (χ4n) is 3.71. The molecule has 0 saturated carbocycles. The summed E-state index contributed by atoms with van der Waals surface area (Å²) in [5, 5.41) is 0. The molecule has 1 aromatic rings. The lowest BCUT2D eigenvalue weighted by Crippen LogP contribution is -2.48. The van der Waals surface area contributed by atoms with Crippen molar-refractivity contribution in [3.63, 3.8) is 0 Å². The van der Waals surface area contributed by atoms with Gasteiger partial charge < -0.3 is 14.5 Å². The van der Waals surface area contributed by atoms with Crippen LogP contribution in [-0.2, 0) is 15.7 Å². The number of hydrogen-bond donors (Lipinski definition) is 0. The van der Waals surface area contributed by atoms with Crippen LogP contribution in [0.4, 0.5) is 23.7 Å². The highest BCUT2D eigenvalue weighted by Gasteiger charge is 2.46. The summed E-state index contributed by atoms with van der Waals surface area (Å²) in [6, 6.07) is 2.15. The summed E-state index contributed by atoms with van der Waals surface area (Å²) >= 11 is 0. The average Bonchev–Trinajstić information content (AvgIpc) is 2.99. The van der Waals surface area contributed by atoms with Crippen LogP contribution in [0.1, 0.15) is 45.7 Å². The van der Waals surface area contributed by atoms with Crippen molar-refractivity contribution < 1.29 is 27.5 Å². The quantitative estimate of drug-likeness (QED) is 0.720. The van der Waals surface area contributed by atoms with Crippen molar-refractivity contribution >= 4 is 17.7 Å². The van der Waals surface area contributed by atoms with Crippen molar-refractivity contribution in [2.75, 3.05) is 24.5 Å². The number of halogens is 3. The molecular formula is C19H24F3N3O3. The van der Waals surface area contributed by atoms with Crippen molar-refractivity contribution in [3.8, 4) is 0 Å². The number of likely N-dealkylation sites (tertiary alicyclic amines) is 1. The molecule has 2 aliphatic heterocycles. The molecule has 28 heavy (non-hydrogen) atoms. The van der Waals surface area contributed by atoms with E-state index in [1.807, 2.05) is 0 Å². The SMILES string of the molecule is CC(C)(C)OC(=O)N1CCC2(CCC(=O)N(c3ccc(C(F)(F)F)nc3)C2)C1. The van der Waals surface area contributed by atoms with Gasteiger partial charge in [-0.25, -0.2) is 9.78 Å². The van der Waals surface area contributed by atoms with Gasteiger partial charge in [0.1, 0.15) is 11.3 Å². The molecule has 3 rings (SSSR count). The summed E-state index contributed by atoms with van der Waals surface area (Å²) < 4.78 is 43.6.